The standard InChI is InChI=1S/C8H9N3.C2H6/c1-6-3-4-7-8(5-6)11(2)10-9-7;1-2/h3-5H,1-2H3;1-2H3. The van der Waals surface area contributed by atoms with Crippen molar-refractivity contribution in [3.05, 3.63) is 23.8 Å². The molecule has 13 heavy (non-hydrogen) atoms. The lowest BCUT2D eigenvalue weighted by Crippen LogP contribution is -1.89. The largest absolute Gasteiger partial charge is 0.248 e. The Morgan fingerprint density at radius 3 is 2.62 bits per heavy atom. The number of hydrogen-bond donors (Lipinski definition) is 0. The van der Waals surface area contributed by atoms with Crippen molar-refractivity contribution in [1.82, 2.24) is 15.0 Å². The van der Waals surface area contributed by atoms with Gasteiger partial charge >= 0.3 is 0 Å². The minimum atomic E-state index is 0.957. The van der Waals surface area contributed by atoms with Gasteiger partial charge in [0.25, 0.3) is 0 Å². The highest BCUT2D eigenvalue weighted by Gasteiger charge is 1.98. The summed E-state index contributed by atoms with van der Waals surface area (Å²) in [5, 5.41) is 7.88. The number of hydrogen-bond acceptors (Lipinski definition) is 2. The van der Waals surface area contributed by atoms with Gasteiger partial charge in [-0.15, -0.1) is 5.10 Å². The van der Waals surface area contributed by atoms with E-state index in [1.165, 1.54) is 5.56 Å². The lowest BCUT2D eigenvalue weighted by molar-refractivity contribution is 0.736. The van der Waals surface area contributed by atoms with Crippen molar-refractivity contribution < 1.29 is 0 Å². The molecule has 0 saturated carbocycles. The Morgan fingerprint density at radius 1 is 1.23 bits per heavy atom. The van der Waals surface area contributed by atoms with Gasteiger partial charge in [-0.3, -0.25) is 0 Å². The highest BCUT2D eigenvalue weighted by Crippen LogP contribution is 2.10. The van der Waals surface area contributed by atoms with Crippen molar-refractivity contribution >= 4 is 11.0 Å². The molecule has 1 aromatic heterocycles. The van der Waals surface area contributed by atoms with Crippen LogP contribution in [0, 0.1) is 6.92 Å². The molecule has 2 aromatic rings. The van der Waals surface area contributed by atoms with Crippen LogP contribution in [0.2, 0.25) is 0 Å². The molecule has 0 aliphatic heterocycles. The van der Waals surface area contributed by atoms with Crippen molar-refractivity contribution in [2.45, 2.75) is 20.8 Å². The van der Waals surface area contributed by atoms with Crippen LogP contribution >= 0.6 is 0 Å². The van der Waals surface area contributed by atoms with E-state index in [0.717, 1.165) is 11.0 Å². The van der Waals surface area contributed by atoms with Crippen molar-refractivity contribution in [3.8, 4) is 0 Å². The van der Waals surface area contributed by atoms with Crippen LogP contribution in [0.25, 0.3) is 11.0 Å². The summed E-state index contributed by atoms with van der Waals surface area (Å²) < 4.78 is 1.78. The molecule has 0 bridgehead atoms. The Labute approximate surface area is 78.4 Å². The van der Waals surface area contributed by atoms with Gasteiger partial charge in [-0.25, -0.2) is 4.68 Å². The van der Waals surface area contributed by atoms with Crippen LogP contribution in [-0.4, -0.2) is 15.0 Å². The number of fused-ring (bicyclic) bond motifs is 1. The van der Waals surface area contributed by atoms with Gasteiger partial charge in [0.1, 0.15) is 5.52 Å². The van der Waals surface area contributed by atoms with Crippen LogP contribution in [-0.2, 0) is 7.05 Å². The Hall–Kier alpha value is -1.38. The minimum absolute atomic E-state index is 0.957. The summed E-state index contributed by atoms with van der Waals surface area (Å²) in [6, 6.07) is 6.10. The molecule has 0 saturated heterocycles. The van der Waals surface area contributed by atoms with Crippen molar-refractivity contribution in [2.24, 2.45) is 7.05 Å². The number of nitrogens with zero attached hydrogens (tertiary/aromatic N) is 3. The monoisotopic (exact) mass is 177 g/mol. The Kier molecular flexibility index (Phi) is 3.01. The third kappa shape index (κ3) is 1.86. The predicted octanol–water partition coefficient (Wildman–Crippen LogP) is 2.30. The van der Waals surface area contributed by atoms with E-state index in [4.69, 9.17) is 0 Å². The molecule has 3 heteroatoms. The lowest BCUT2D eigenvalue weighted by Gasteiger charge is -1.92. The van der Waals surface area contributed by atoms with Gasteiger partial charge < -0.3 is 0 Å². The fraction of sp³-hybridized carbons (Fsp3) is 0.400. The van der Waals surface area contributed by atoms with E-state index in [1.807, 2.05) is 33.0 Å². The zero-order chi connectivity index (χ0) is 9.84. The van der Waals surface area contributed by atoms with E-state index >= 15 is 0 Å². The molecular weight excluding hydrogens is 162 g/mol. The SMILES string of the molecule is CC.Cc1ccc2nnn(C)c2c1. The second-order valence-corrected chi connectivity index (χ2v) is 2.71. The minimum Gasteiger partial charge on any atom is -0.248 e. The fourth-order valence-electron chi connectivity index (χ4n) is 1.14. The molecule has 2 rings (SSSR count). The van der Waals surface area contributed by atoms with Crippen LogP contribution in [0.15, 0.2) is 18.2 Å². The number of aromatic nitrogens is 3. The first kappa shape index (κ1) is 9.71. The first-order chi connectivity index (χ1) is 6.27. The average molecular weight is 177 g/mol. The summed E-state index contributed by atoms with van der Waals surface area (Å²) >= 11 is 0. The Bertz CT molecular complexity index is 390. The molecule has 0 aliphatic carbocycles. The summed E-state index contributed by atoms with van der Waals surface area (Å²) in [5.74, 6) is 0. The van der Waals surface area contributed by atoms with Gasteiger partial charge in [0, 0.05) is 7.05 Å². The van der Waals surface area contributed by atoms with E-state index in [2.05, 4.69) is 23.3 Å². The number of rotatable bonds is 0. The Morgan fingerprint density at radius 2 is 1.92 bits per heavy atom. The Balaban J connectivity index is 0.000000396. The quantitative estimate of drug-likeness (QED) is 0.618. The molecule has 0 atom stereocenters. The second kappa shape index (κ2) is 4.03. The molecule has 1 aromatic carbocycles. The summed E-state index contributed by atoms with van der Waals surface area (Å²) in [6.07, 6.45) is 0. The molecule has 0 spiro atoms. The summed E-state index contributed by atoms with van der Waals surface area (Å²) in [5.41, 5.74) is 3.28. The van der Waals surface area contributed by atoms with Crippen LogP contribution < -0.4 is 0 Å². The fourth-order valence-corrected chi connectivity index (χ4v) is 1.14. The van der Waals surface area contributed by atoms with Crippen molar-refractivity contribution in [3.63, 3.8) is 0 Å². The third-order valence-corrected chi connectivity index (χ3v) is 1.77. The van der Waals surface area contributed by atoms with Gasteiger partial charge in [0.2, 0.25) is 0 Å². The number of benzene rings is 1. The topological polar surface area (TPSA) is 30.7 Å². The molecule has 70 valence electrons. The first-order valence-electron chi connectivity index (χ1n) is 4.53. The molecule has 0 N–H and O–H groups in total. The molecule has 0 unspecified atom stereocenters. The van der Waals surface area contributed by atoms with Crippen molar-refractivity contribution in [2.75, 3.05) is 0 Å². The van der Waals surface area contributed by atoms with E-state index in [-0.39, 0.29) is 0 Å². The van der Waals surface area contributed by atoms with E-state index in [0.29, 0.717) is 0 Å². The van der Waals surface area contributed by atoms with Gasteiger partial charge in [-0.2, -0.15) is 0 Å². The molecule has 3 nitrogen and oxygen atoms in total. The predicted molar refractivity (Wildman–Crippen MR) is 54.6 cm³/mol. The zero-order valence-electron chi connectivity index (χ0n) is 8.57. The molecule has 0 fully saturated rings. The van der Waals surface area contributed by atoms with Gasteiger partial charge in [0.15, 0.2) is 0 Å². The maximum absolute atomic E-state index is 3.97. The summed E-state index contributed by atoms with van der Waals surface area (Å²) in [7, 11) is 1.90. The van der Waals surface area contributed by atoms with Crippen LogP contribution in [0.5, 0.6) is 0 Å². The van der Waals surface area contributed by atoms with Crippen LogP contribution in [0.4, 0.5) is 0 Å². The molecule has 0 amide bonds. The van der Waals surface area contributed by atoms with Crippen LogP contribution in [0.1, 0.15) is 19.4 Å². The smallest absolute Gasteiger partial charge is 0.113 e. The van der Waals surface area contributed by atoms with E-state index in [9.17, 15) is 0 Å². The molecule has 0 radical (unpaired) electrons. The van der Waals surface area contributed by atoms with Gasteiger partial charge in [-0.1, -0.05) is 25.1 Å². The lowest BCUT2D eigenvalue weighted by atomic mass is 10.2. The van der Waals surface area contributed by atoms with Crippen molar-refractivity contribution in [1.29, 1.82) is 0 Å². The van der Waals surface area contributed by atoms with E-state index in [1.54, 1.807) is 4.68 Å². The average Bonchev–Trinajstić information content (AvgIpc) is 2.52. The maximum Gasteiger partial charge on any atom is 0.113 e. The zero-order valence-corrected chi connectivity index (χ0v) is 8.57. The summed E-state index contributed by atoms with van der Waals surface area (Å²) in [4.78, 5) is 0. The number of aryl methyl sites for hydroxylation is 2. The molecular formula is C10H15N3. The van der Waals surface area contributed by atoms with Gasteiger partial charge in [-0.05, 0) is 24.6 Å². The maximum atomic E-state index is 3.97. The normalized spacial score (nSPS) is 9.54. The van der Waals surface area contributed by atoms with Crippen LogP contribution in [0.3, 0.4) is 0 Å². The van der Waals surface area contributed by atoms with Gasteiger partial charge in [0.05, 0.1) is 5.52 Å². The molecule has 0 aliphatic rings. The highest BCUT2D eigenvalue weighted by molar-refractivity contribution is 5.74. The third-order valence-electron chi connectivity index (χ3n) is 1.77. The molecule has 1 heterocycles. The second-order valence-electron chi connectivity index (χ2n) is 2.71. The first-order valence-corrected chi connectivity index (χ1v) is 4.53. The summed E-state index contributed by atoms with van der Waals surface area (Å²) in [6.45, 7) is 6.06. The van der Waals surface area contributed by atoms with E-state index < -0.39 is 0 Å². The highest BCUT2D eigenvalue weighted by atomic mass is 15.4.